The molecule has 9 nitrogen and oxygen atoms in total. The van der Waals surface area contributed by atoms with E-state index in [2.05, 4.69) is 28.9 Å². The van der Waals surface area contributed by atoms with E-state index in [1.54, 1.807) is 16.8 Å². The van der Waals surface area contributed by atoms with E-state index in [1.165, 1.54) is 19.2 Å². The Morgan fingerprint density at radius 1 is 1.30 bits per heavy atom. The first-order valence-electron chi connectivity index (χ1n) is 10.1. The molecule has 1 fully saturated rings. The van der Waals surface area contributed by atoms with Crippen LogP contribution in [0.1, 0.15) is 44.7 Å². The van der Waals surface area contributed by atoms with Crippen molar-refractivity contribution in [1.82, 2.24) is 19.7 Å². The number of hydrogen-bond donors (Lipinski definition) is 2. The van der Waals surface area contributed by atoms with Gasteiger partial charge in [0, 0.05) is 12.7 Å². The molecular formula is C20H30N4O5S. The van der Waals surface area contributed by atoms with Gasteiger partial charge in [0.1, 0.15) is 5.75 Å². The first-order chi connectivity index (χ1) is 14.3. The summed E-state index contributed by atoms with van der Waals surface area (Å²) in [5, 5.41) is 18.0. The highest BCUT2D eigenvalue weighted by molar-refractivity contribution is 7.89. The van der Waals surface area contributed by atoms with E-state index in [1.807, 2.05) is 6.20 Å². The van der Waals surface area contributed by atoms with Gasteiger partial charge in [-0.15, -0.1) is 5.10 Å². The van der Waals surface area contributed by atoms with Gasteiger partial charge in [-0.25, -0.2) is 13.1 Å². The van der Waals surface area contributed by atoms with E-state index in [0.29, 0.717) is 31.1 Å². The van der Waals surface area contributed by atoms with Crippen LogP contribution in [0.25, 0.3) is 0 Å². The number of nitrogens with one attached hydrogen (secondary N) is 1. The lowest BCUT2D eigenvalue weighted by atomic mass is 9.98. The highest BCUT2D eigenvalue weighted by Crippen LogP contribution is 2.24. The minimum absolute atomic E-state index is 0.0735. The van der Waals surface area contributed by atoms with E-state index in [4.69, 9.17) is 9.47 Å². The second kappa shape index (κ2) is 9.86. The molecular weight excluding hydrogens is 408 g/mol. The summed E-state index contributed by atoms with van der Waals surface area (Å²) in [6.45, 7) is 4.53. The Balaban J connectivity index is 1.56. The number of nitrogens with zero attached hydrogens (tertiary/aromatic N) is 3. The monoisotopic (exact) mass is 438 g/mol. The second-order valence-electron chi connectivity index (χ2n) is 7.81. The Kier molecular flexibility index (Phi) is 7.45. The molecule has 1 aliphatic heterocycles. The molecule has 10 heteroatoms. The number of aromatic nitrogens is 3. The number of aryl methyl sites for hydroxylation is 1. The predicted octanol–water partition coefficient (Wildman–Crippen LogP) is 1.69. The molecule has 3 atom stereocenters. The minimum atomic E-state index is -3.73. The van der Waals surface area contributed by atoms with E-state index >= 15 is 0 Å². The summed E-state index contributed by atoms with van der Waals surface area (Å²) < 4.78 is 40.9. The molecule has 30 heavy (non-hydrogen) atoms. The maximum absolute atomic E-state index is 12.7. The Morgan fingerprint density at radius 2 is 2.03 bits per heavy atom. The van der Waals surface area contributed by atoms with Crippen LogP contribution in [0.15, 0.2) is 35.4 Å². The molecule has 1 aromatic carbocycles. The quantitative estimate of drug-likeness (QED) is 0.612. The van der Waals surface area contributed by atoms with Crippen molar-refractivity contribution in [1.29, 1.82) is 0 Å². The molecule has 3 rings (SSSR count). The molecule has 0 amide bonds. The molecule has 0 unspecified atom stereocenters. The van der Waals surface area contributed by atoms with E-state index in [0.717, 1.165) is 12.1 Å². The molecule has 1 saturated heterocycles. The lowest BCUT2D eigenvalue weighted by Crippen LogP contribution is -2.50. The SMILES string of the molecule is COc1ccc(S(=O)(=O)N[C@@H]2CC[C@H](CCn3cc(C(C)C)nn3)O[C@H]2CO)cc1. The summed E-state index contributed by atoms with van der Waals surface area (Å²) in [5.74, 6) is 0.904. The van der Waals surface area contributed by atoms with Crippen molar-refractivity contribution >= 4 is 10.0 Å². The van der Waals surface area contributed by atoms with E-state index in [-0.39, 0.29) is 17.6 Å². The molecule has 2 aromatic rings. The maximum atomic E-state index is 12.7. The van der Waals surface area contributed by atoms with Crippen LogP contribution in [-0.4, -0.2) is 60.5 Å². The van der Waals surface area contributed by atoms with Gasteiger partial charge in [-0.3, -0.25) is 4.68 Å². The smallest absolute Gasteiger partial charge is 0.240 e. The molecule has 0 bridgehead atoms. The summed E-state index contributed by atoms with van der Waals surface area (Å²) in [4.78, 5) is 0.147. The number of hydrogen-bond acceptors (Lipinski definition) is 7. The van der Waals surface area contributed by atoms with Crippen LogP contribution in [0.2, 0.25) is 0 Å². The zero-order valence-corrected chi connectivity index (χ0v) is 18.4. The zero-order valence-electron chi connectivity index (χ0n) is 17.6. The Hall–Kier alpha value is -2.01. The lowest BCUT2D eigenvalue weighted by Gasteiger charge is -2.36. The van der Waals surface area contributed by atoms with Crippen LogP contribution in [0.3, 0.4) is 0 Å². The zero-order chi connectivity index (χ0) is 21.7. The Labute approximate surface area is 177 Å². The summed E-state index contributed by atoms with van der Waals surface area (Å²) in [7, 11) is -2.20. The van der Waals surface area contributed by atoms with Crippen molar-refractivity contribution in [3.05, 3.63) is 36.2 Å². The van der Waals surface area contributed by atoms with Gasteiger partial charge in [-0.2, -0.15) is 0 Å². The van der Waals surface area contributed by atoms with Crippen molar-refractivity contribution in [2.24, 2.45) is 0 Å². The average molecular weight is 439 g/mol. The molecule has 166 valence electrons. The van der Waals surface area contributed by atoms with Crippen molar-refractivity contribution in [3.63, 3.8) is 0 Å². The van der Waals surface area contributed by atoms with Crippen molar-refractivity contribution < 1.29 is 23.0 Å². The number of benzene rings is 1. The van der Waals surface area contributed by atoms with Crippen LogP contribution in [0.5, 0.6) is 5.75 Å². The predicted molar refractivity (Wildman–Crippen MR) is 111 cm³/mol. The normalized spacial score (nSPS) is 22.4. The summed E-state index contributed by atoms with van der Waals surface area (Å²) in [6, 6.07) is 5.69. The van der Waals surface area contributed by atoms with Gasteiger partial charge < -0.3 is 14.6 Å². The van der Waals surface area contributed by atoms with Gasteiger partial charge >= 0.3 is 0 Å². The van der Waals surface area contributed by atoms with Gasteiger partial charge in [0.25, 0.3) is 0 Å². The fourth-order valence-corrected chi connectivity index (χ4v) is 4.76. The molecule has 0 aliphatic carbocycles. The molecule has 2 N–H and O–H groups in total. The first-order valence-corrected chi connectivity index (χ1v) is 11.6. The van der Waals surface area contributed by atoms with Crippen molar-refractivity contribution in [2.45, 2.75) is 68.7 Å². The standard InChI is InChI=1S/C20H30N4O5S/c1-14(2)19-12-24(23-21-19)11-10-16-6-9-18(20(13-25)29-16)22-30(26,27)17-7-4-15(28-3)5-8-17/h4-5,7-8,12,14,16,18,20,22,25H,6,9-11,13H2,1-3H3/t16-,18-,20+/m1/s1. The van der Waals surface area contributed by atoms with Gasteiger partial charge in [0.05, 0.1) is 42.6 Å². The van der Waals surface area contributed by atoms with Crippen LogP contribution in [-0.2, 0) is 21.3 Å². The Bertz CT molecular complexity index is 914. The van der Waals surface area contributed by atoms with Crippen LogP contribution >= 0.6 is 0 Å². The molecule has 0 radical (unpaired) electrons. The fourth-order valence-electron chi connectivity index (χ4n) is 3.46. The van der Waals surface area contributed by atoms with Crippen LogP contribution in [0.4, 0.5) is 0 Å². The Morgan fingerprint density at radius 3 is 2.63 bits per heavy atom. The summed E-state index contributed by atoms with van der Waals surface area (Å²) in [6.07, 6.45) is 3.25. The maximum Gasteiger partial charge on any atom is 0.240 e. The topological polar surface area (TPSA) is 116 Å². The van der Waals surface area contributed by atoms with Gasteiger partial charge in [0.2, 0.25) is 10.0 Å². The third-order valence-corrected chi connectivity index (χ3v) is 6.81. The fraction of sp³-hybridized carbons (Fsp3) is 0.600. The number of aliphatic hydroxyl groups is 1. The number of ether oxygens (including phenoxy) is 2. The van der Waals surface area contributed by atoms with Gasteiger partial charge in [-0.1, -0.05) is 19.1 Å². The lowest BCUT2D eigenvalue weighted by molar-refractivity contribution is -0.0891. The third-order valence-electron chi connectivity index (χ3n) is 5.30. The number of aliphatic hydroxyl groups excluding tert-OH is 1. The summed E-state index contributed by atoms with van der Waals surface area (Å²) in [5.41, 5.74) is 0.945. The summed E-state index contributed by atoms with van der Waals surface area (Å²) >= 11 is 0. The van der Waals surface area contributed by atoms with Crippen LogP contribution < -0.4 is 9.46 Å². The van der Waals surface area contributed by atoms with Crippen LogP contribution in [0, 0.1) is 0 Å². The van der Waals surface area contributed by atoms with E-state index in [9.17, 15) is 13.5 Å². The number of methoxy groups -OCH3 is 1. The largest absolute Gasteiger partial charge is 0.497 e. The first kappa shape index (κ1) is 22.7. The molecule has 0 saturated carbocycles. The second-order valence-corrected chi connectivity index (χ2v) is 9.52. The van der Waals surface area contributed by atoms with E-state index < -0.39 is 22.2 Å². The van der Waals surface area contributed by atoms with Gasteiger partial charge in [0.15, 0.2) is 0 Å². The van der Waals surface area contributed by atoms with Crippen molar-refractivity contribution in [2.75, 3.05) is 13.7 Å². The number of rotatable bonds is 9. The highest BCUT2D eigenvalue weighted by Gasteiger charge is 2.34. The minimum Gasteiger partial charge on any atom is -0.497 e. The molecule has 1 aliphatic rings. The van der Waals surface area contributed by atoms with Gasteiger partial charge in [-0.05, 0) is 49.4 Å². The van der Waals surface area contributed by atoms with Crippen molar-refractivity contribution in [3.8, 4) is 5.75 Å². The average Bonchev–Trinajstić information content (AvgIpc) is 3.22. The molecule has 0 spiro atoms. The molecule has 2 heterocycles. The molecule has 1 aromatic heterocycles. The number of sulfonamides is 1. The third kappa shape index (κ3) is 5.57. The highest BCUT2D eigenvalue weighted by atomic mass is 32.2.